The fourth-order valence-corrected chi connectivity index (χ4v) is 2.74. The van der Waals surface area contributed by atoms with Crippen LogP contribution in [0.5, 0.6) is 0 Å². The highest BCUT2D eigenvalue weighted by Crippen LogP contribution is 2.68. The first kappa shape index (κ1) is 14.0. The smallest absolute Gasteiger partial charge is 0.0104 e. The minimum absolute atomic E-state index is 0.521. The summed E-state index contributed by atoms with van der Waals surface area (Å²) in [5.41, 5.74) is 1.04. The van der Waals surface area contributed by atoms with Gasteiger partial charge >= 0.3 is 0 Å². The van der Waals surface area contributed by atoms with Crippen LogP contribution in [0.1, 0.15) is 41.5 Å². The Balaban J connectivity index is 2.24. The molecule has 1 aliphatic carbocycles. The molecule has 0 saturated heterocycles. The molecule has 0 bridgehead atoms. The van der Waals surface area contributed by atoms with Crippen LogP contribution in [-0.2, 0) is 0 Å². The van der Waals surface area contributed by atoms with Crippen molar-refractivity contribution in [3.63, 3.8) is 0 Å². The van der Waals surface area contributed by atoms with Crippen LogP contribution in [0.25, 0.3) is 0 Å². The SMILES string of the molecule is CC(C)NCCN(C)CC1C(C)(C)C1(C)C. The first-order valence-electron chi connectivity index (χ1n) is 6.61. The second kappa shape index (κ2) is 4.66. The van der Waals surface area contributed by atoms with E-state index in [0.717, 1.165) is 19.0 Å². The van der Waals surface area contributed by atoms with Crippen molar-refractivity contribution in [2.45, 2.75) is 47.6 Å². The number of likely N-dealkylation sites (N-methyl/N-ethyl adjacent to an activating group) is 1. The highest BCUT2D eigenvalue weighted by atomic mass is 15.1. The zero-order valence-corrected chi connectivity index (χ0v) is 12.2. The molecule has 0 aromatic rings. The van der Waals surface area contributed by atoms with Gasteiger partial charge in [-0.3, -0.25) is 0 Å². The Kier molecular flexibility index (Phi) is 4.07. The summed E-state index contributed by atoms with van der Waals surface area (Å²) in [7, 11) is 2.24. The second-order valence-corrected chi connectivity index (χ2v) is 6.87. The molecule has 96 valence electrons. The molecule has 0 spiro atoms. The molecule has 1 N–H and O–H groups in total. The molecule has 0 atom stereocenters. The zero-order chi connectivity index (χ0) is 12.6. The monoisotopic (exact) mass is 226 g/mol. The van der Waals surface area contributed by atoms with Gasteiger partial charge in [-0.15, -0.1) is 0 Å². The van der Waals surface area contributed by atoms with E-state index < -0.39 is 0 Å². The lowest BCUT2D eigenvalue weighted by Crippen LogP contribution is -2.34. The molecule has 1 rings (SSSR count). The van der Waals surface area contributed by atoms with Crippen LogP contribution in [0.15, 0.2) is 0 Å². The lowest BCUT2D eigenvalue weighted by molar-refractivity contribution is 0.292. The first-order chi connectivity index (χ1) is 7.19. The number of nitrogens with zero attached hydrogens (tertiary/aromatic N) is 1. The predicted molar refractivity (Wildman–Crippen MR) is 71.7 cm³/mol. The minimum atomic E-state index is 0.521. The maximum atomic E-state index is 3.47. The predicted octanol–water partition coefficient (Wildman–Crippen LogP) is 2.60. The Labute approximate surface area is 102 Å². The molecule has 16 heavy (non-hydrogen) atoms. The number of hydrogen-bond donors (Lipinski definition) is 1. The van der Waals surface area contributed by atoms with Gasteiger partial charge in [-0.2, -0.15) is 0 Å². The molecule has 2 nitrogen and oxygen atoms in total. The summed E-state index contributed by atoms with van der Waals surface area (Å²) < 4.78 is 0. The van der Waals surface area contributed by atoms with Gasteiger partial charge in [0.25, 0.3) is 0 Å². The highest BCUT2D eigenvalue weighted by Gasteiger charge is 2.64. The third kappa shape index (κ3) is 2.78. The van der Waals surface area contributed by atoms with Crippen molar-refractivity contribution in [2.75, 3.05) is 26.7 Å². The van der Waals surface area contributed by atoms with Crippen LogP contribution in [-0.4, -0.2) is 37.6 Å². The van der Waals surface area contributed by atoms with Gasteiger partial charge in [0.1, 0.15) is 0 Å². The number of nitrogens with one attached hydrogen (secondary N) is 1. The third-order valence-corrected chi connectivity index (χ3v) is 4.86. The quantitative estimate of drug-likeness (QED) is 0.749. The van der Waals surface area contributed by atoms with Gasteiger partial charge in [-0.05, 0) is 23.8 Å². The van der Waals surface area contributed by atoms with Gasteiger partial charge in [0.15, 0.2) is 0 Å². The Morgan fingerprint density at radius 1 is 1.12 bits per heavy atom. The van der Waals surface area contributed by atoms with Crippen LogP contribution in [0.3, 0.4) is 0 Å². The summed E-state index contributed by atoms with van der Waals surface area (Å²) >= 11 is 0. The highest BCUT2D eigenvalue weighted by molar-refractivity contribution is 5.12. The largest absolute Gasteiger partial charge is 0.313 e. The summed E-state index contributed by atoms with van der Waals surface area (Å²) in [6.45, 7) is 17.5. The van der Waals surface area contributed by atoms with Crippen LogP contribution in [0.4, 0.5) is 0 Å². The van der Waals surface area contributed by atoms with Crippen LogP contribution >= 0.6 is 0 Å². The number of hydrogen-bond acceptors (Lipinski definition) is 2. The molecule has 1 aliphatic rings. The lowest BCUT2D eigenvalue weighted by atomic mass is 10.0. The molecule has 0 aromatic heterocycles. The summed E-state index contributed by atoms with van der Waals surface area (Å²) in [4.78, 5) is 2.47. The standard InChI is InChI=1S/C14H30N2/c1-11(2)15-8-9-16(7)10-12-13(3,4)14(12,5)6/h11-12,15H,8-10H2,1-7H3. The van der Waals surface area contributed by atoms with Crippen LogP contribution < -0.4 is 5.32 Å². The van der Waals surface area contributed by atoms with Gasteiger partial charge in [0.2, 0.25) is 0 Å². The second-order valence-electron chi connectivity index (χ2n) is 6.87. The Morgan fingerprint density at radius 2 is 1.62 bits per heavy atom. The molecule has 0 radical (unpaired) electrons. The maximum Gasteiger partial charge on any atom is 0.0104 e. The molecule has 2 heteroatoms. The maximum absolute atomic E-state index is 3.47. The van der Waals surface area contributed by atoms with E-state index in [0.29, 0.717) is 16.9 Å². The van der Waals surface area contributed by atoms with Crippen molar-refractivity contribution in [1.82, 2.24) is 10.2 Å². The molecule has 1 saturated carbocycles. The Bertz CT molecular complexity index is 217. The van der Waals surface area contributed by atoms with Crippen molar-refractivity contribution in [3.05, 3.63) is 0 Å². The molecule has 1 fully saturated rings. The molecule has 0 heterocycles. The molecular weight excluding hydrogens is 196 g/mol. The van der Waals surface area contributed by atoms with Crippen molar-refractivity contribution < 1.29 is 0 Å². The summed E-state index contributed by atoms with van der Waals surface area (Å²) in [6, 6.07) is 0.599. The van der Waals surface area contributed by atoms with E-state index in [4.69, 9.17) is 0 Å². The van der Waals surface area contributed by atoms with Crippen LogP contribution in [0, 0.1) is 16.7 Å². The summed E-state index contributed by atoms with van der Waals surface area (Å²) in [6.07, 6.45) is 0. The van der Waals surface area contributed by atoms with Gasteiger partial charge in [-0.1, -0.05) is 41.5 Å². The fraction of sp³-hybridized carbons (Fsp3) is 1.00. The van der Waals surface area contributed by atoms with Crippen molar-refractivity contribution >= 4 is 0 Å². The van der Waals surface area contributed by atoms with Crippen molar-refractivity contribution in [1.29, 1.82) is 0 Å². The topological polar surface area (TPSA) is 15.3 Å². The Morgan fingerprint density at radius 3 is 2.00 bits per heavy atom. The van der Waals surface area contributed by atoms with E-state index in [9.17, 15) is 0 Å². The van der Waals surface area contributed by atoms with Gasteiger partial charge in [0, 0.05) is 25.7 Å². The first-order valence-corrected chi connectivity index (χ1v) is 6.61. The molecule has 0 aliphatic heterocycles. The zero-order valence-electron chi connectivity index (χ0n) is 12.2. The van der Waals surface area contributed by atoms with Crippen molar-refractivity contribution in [2.24, 2.45) is 16.7 Å². The Hall–Kier alpha value is -0.0800. The van der Waals surface area contributed by atoms with E-state index >= 15 is 0 Å². The van der Waals surface area contributed by atoms with Crippen LogP contribution in [0.2, 0.25) is 0 Å². The van der Waals surface area contributed by atoms with E-state index in [-0.39, 0.29) is 0 Å². The van der Waals surface area contributed by atoms with Gasteiger partial charge < -0.3 is 10.2 Å². The molecular formula is C14H30N2. The summed E-state index contributed by atoms with van der Waals surface area (Å²) in [5, 5.41) is 3.47. The third-order valence-electron chi connectivity index (χ3n) is 4.86. The normalized spacial score (nSPS) is 23.1. The van der Waals surface area contributed by atoms with E-state index in [1.54, 1.807) is 0 Å². The average Bonchev–Trinajstić information content (AvgIpc) is 2.47. The average molecular weight is 226 g/mol. The number of rotatable bonds is 6. The lowest BCUT2D eigenvalue weighted by Gasteiger charge is -2.19. The summed E-state index contributed by atoms with van der Waals surface area (Å²) in [5.74, 6) is 0.851. The van der Waals surface area contributed by atoms with E-state index in [1.165, 1.54) is 6.54 Å². The van der Waals surface area contributed by atoms with E-state index in [1.807, 2.05) is 0 Å². The van der Waals surface area contributed by atoms with Gasteiger partial charge in [0.05, 0.1) is 0 Å². The molecule has 0 amide bonds. The molecule has 0 unspecified atom stereocenters. The van der Waals surface area contributed by atoms with Gasteiger partial charge in [-0.25, -0.2) is 0 Å². The molecule has 0 aromatic carbocycles. The van der Waals surface area contributed by atoms with E-state index in [2.05, 4.69) is 58.8 Å². The minimum Gasteiger partial charge on any atom is -0.313 e. The van der Waals surface area contributed by atoms with Crippen molar-refractivity contribution in [3.8, 4) is 0 Å². The fourth-order valence-electron chi connectivity index (χ4n) is 2.74.